The zero-order chi connectivity index (χ0) is 10.8. The van der Waals surface area contributed by atoms with Crippen molar-refractivity contribution in [3.05, 3.63) is 18.2 Å². The van der Waals surface area contributed by atoms with Crippen molar-refractivity contribution in [1.82, 2.24) is 9.97 Å². The van der Waals surface area contributed by atoms with E-state index < -0.39 is 17.3 Å². The normalized spacial score (nSPS) is 11.1. The molecule has 0 spiro atoms. The first-order valence-electron chi connectivity index (χ1n) is 3.91. The molecule has 0 radical (unpaired) electrons. The van der Waals surface area contributed by atoms with E-state index in [4.69, 9.17) is 5.11 Å². The van der Waals surface area contributed by atoms with Crippen molar-refractivity contribution in [1.29, 1.82) is 0 Å². The molecule has 0 aliphatic rings. The molecule has 14 heavy (non-hydrogen) atoms. The van der Waals surface area contributed by atoms with Crippen molar-refractivity contribution in [3.63, 3.8) is 0 Å². The average molecular weight is 199 g/mol. The quantitative estimate of drug-likeness (QED) is 0.756. The average Bonchev–Trinajstić information content (AvgIpc) is 2.08. The van der Waals surface area contributed by atoms with Crippen molar-refractivity contribution in [3.8, 4) is 0 Å². The molecule has 0 aliphatic heterocycles. The van der Waals surface area contributed by atoms with Crippen LogP contribution in [-0.2, 0) is 4.79 Å². The standard InChI is InChI=1S/C8H10FN3O2/c1-8(2,6(13)14)12-7-10-3-5(9)4-11-7/h3-4H,1-2H3,(H,13,14)(H,10,11,12). The summed E-state index contributed by atoms with van der Waals surface area (Å²) in [5, 5.41) is 11.3. The first kappa shape index (κ1) is 10.4. The Morgan fingerprint density at radius 2 is 2.00 bits per heavy atom. The van der Waals surface area contributed by atoms with E-state index in [9.17, 15) is 9.18 Å². The van der Waals surface area contributed by atoms with Crippen LogP contribution < -0.4 is 5.32 Å². The van der Waals surface area contributed by atoms with Gasteiger partial charge in [-0.15, -0.1) is 0 Å². The monoisotopic (exact) mass is 199 g/mol. The van der Waals surface area contributed by atoms with Gasteiger partial charge in [0.15, 0.2) is 5.82 Å². The van der Waals surface area contributed by atoms with Gasteiger partial charge in [0.1, 0.15) is 5.54 Å². The van der Waals surface area contributed by atoms with E-state index in [0.717, 1.165) is 12.4 Å². The van der Waals surface area contributed by atoms with Gasteiger partial charge in [0.05, 0.1) is 12.4 Å². The van der Waals surface area contributed by atoms with Crippen molar-refractivity contribution in [2.24, 2.45) is 0 Å². The molecule has 2 N–H and O–H groups in total. The number of aromatic nitrogens is 2. The number of rotatable bonds is 3. The Morgan fingerprint density at radius 1 is 1.50 bits per heavy atom. The van der Waals surface area contributed by atoms with Crippen LogP contribution >= 0.6 is 0 Å². The summed E-state index contributed by atoms with van der Waals surface area (Å²) in [7, 11) is 0. The van der Waals surface area contributed by atoms with Gasteiger partial charge in [-0.1, -0.05) is 0 Å². The number of carbonyl (C=O) groups is 1. The minimum absolute atomic E-state index is 0.0822. The highest BCUT2D eigenvalue weighted by Crippen LogP contribution is 2.10. The van der Waals surface area contributed by atoms with Gasteiger partial charge in [0, 0.05) is 0 Å². The molecule has 5 nitrogen and oxygen atoms in total. The third-order valence-electron chi connectivity index (χ3n) is 1.58. The number of hydrogen-bond acceptors (Lipinski definition) is 4. The van der Waals surface area contributed by atoms with Crippen LogP contribution in [0.3, 0.4) is 0 Å². The van der Waals surface area contributed by atoms with Crippen LogP contribution in [0.2, 0.25) is 0 Å². The predicted octanol–water partition coefficient (Wildman–Crippen LogP) is 0.891. The third kappa shape index (κ3) is 2.38. The number of aliphatic carboxylic acids is 1. The fourth-order valence-corrected chi connectivity index (χ4v) is 0.710. The largest absolute Gasteiger partial charge is 0.480 e. The summed E-state index contributed by atoms with van der Waals surface area (Å²) in [6, 6.07) is 0. The highest BCUT2D eigenvalue weighted by molar-refractivity contribution is 5.80. The molecule has 0 bridgehead atoms. The molecule has 0 saturated heterocycles. The van der Waals surface area contributed by atoms with E-state index in [1.807, 2.05) is 0 Å². The number of halogens is 1. The molecule has 0 unspecified atom stereocenters. The Morgan fingerprint density at radius 3 is 2.43 bits per heavy atom. The molecule has 6 heteroatoms. The maximum absolute atomic E-state index is 12.4. The smallest absolute Gasteiger partial charge is 0.328 e. The van der Waals surface area contributed by atoms with Crippen LogP contribution in [0.1, 0.15) is 13.8 Å². The highest BCUT2D eigenvalue weighted by Gasteiger charge is 2.27. The lowest BCUT2D eigenvalue weighted by atomic mass is 10.1. The number of hydrogen-bond donors (Lipinski definition) is 2. The number of carboxylic acids is 1. The van der Waals surface area contributed by atoms with Gasteiger partial charge < -0.3 is 10.4 Å². The molecule has 0 fully saturated rings. The topological polar surface area (TPSA) is 75.1 Å². The van der Waals surface area contributed by atoms with Gasteiger partial charge in [0.25, 0.3) is 0 Å². The van der Waals surface area contributed by atoms with Gasteiger partial charge in [0.2, 0.25) is 5.95 Å². The Labute approximate surface area is 80.0 Å². The summed E-state index contributed by atoms with van der Waals surface area (Å²) in [4.78, 5) is 17.9. The van der Waals surface area contributed by atoms with E-state index >= 15 is 0 Å². The molecule has 0 aliphatic carbocycles. The Balaban J connectivity index is 2.79. The molecule has 1 rings (SSSR count). The Bertz CT molecular complexity index is 337. The van der Waals surface area contributed by atoms with Crippen molar-refractivity contribution in [2.75, 3.05) is 5.32 Å². The lowest BCUT2D eigenvalue weighted by Gasteiger charge is -2.20. The number of nitrogens with one attached hydrogen (secondary N) is 1. The van der Waals surface area contributed by atoms with Gasteiger partial charge in [-0.05, 0) is 13.8 Å². The number of anilines is 1. The molecule has 76 valence electrons. The first-order valence-corrected chi connectivity index (χ1v) is 3.91. The Kier molecular flexibility index (Phi) is 2.64. The second-order valence-electron chi connectivity index (χ2n) is 3.28. The number of carboxylic acid groups (broad SMARTS) is 1. The van der Waals surface area contributed by atoms with Crippen molar-refractivity contribution in [2.45, 2.75) is 19.4 Å². The molecule has 0 amide bonds. The van der Waals surface area contributed by atoms with E-state index in [1.54, 1.807) is 0 Å². The lowest BCUT2D eigenvalue weighted by Crippen LogP contribution is -2.40. The minimum Gasteiger partial charge on any atom is -0.480 e. The van der Waals surface area contributed by atoms with Gasteiger partial charge >= 0.3 is 5.97 Å². The van der Waals surface area contributed by atoms with E-state index in [0.29, 0.717) is 0 Å². The summed E-state index contributed by atoms with van der Waals surface area (Å²) >= 11 is 0. The molecule has 0 saturated carbocycles. The highest BCUT2D eigenvalue weighted by atomic mass is 19.1. The van der Waals surface area contributed by atoms with Crippen LogP contribution in [0.25, 0.3) is 0 Å². The van der Waals surface area contributed by atoms with Crippen molar-refractivity contribution < 1.29 is 14.3 Å². The SMILES string of the molecule is CC(C)(Nc1ncc(F)cn1)C(=O)O. The van der Waals surface area contributed by atoms with E-state index in [1.165, 1.54) is 13.8 Å². The maximum atomic E-state index is 12.4. The summed E-state index contributed by atoms with van der Waals surface area (Å²) in [6.45, 7) is 2.92. The zero-order valence-electron chi connectivity index (χ0n) is 7.78. The van der Waals surface area contributed by atoms with Gasteiger partial charge in [-0.3, -0.25) is 0 Å². The molecule has 1 aromatic rings. The lowest BCUT2D eigenvalue weighted by molar-refractivity contribution is -0.141. The zero-order valence-corrected chi connectivity index (χ0v) is 7.78. The van der Waals surface area contributed by atoms with Crippen LogP contribution in [0.5, 0.6) is 0 Å². The van der Waals surface area contributed by atoms with Crippen LogP contribution in [0.4, 0.5) is 10.3 Å². The van der Waals surface area contributed by atoms with Gasteiger partial charge in [-0.2, -0.15) is 0 Å². The molecule has 0 aromatic carbocycles. The molecule has 1 heterocycles. The summed E-state index contributed by atoms with van der Waals surface area (Å²) in [5.41, 5.74) is -1.18. The van der Waals surface area contributed by atoms with Crippen LogP contribution in [0, 0.1) is 5.82 Å². The van der Waals surface area contributed by atoms with E-state index in [2.05, 4.69) is 15.3 Å². The first-order chi connectivity index (χ1) is 6.42. The fraction of sp³-hybridized carbons (Fsp3) is 0.375. The second kappa shape index (κ2) is 3.57. The molecular formula is C8H10FN3O2. The Hall–Kier alpha value is -1.72. The van der Waals surface area contributed by atoms with Crippen LogP contribution in [-0.4, -0.2) is 26.6 Å². The fourth-order valence-electron chi connectivity index (χ4n) is 0.710. The molecular weight excluding hydrogens is 189 g/mol. The van der Waals surface area contributed by atoms with Crippen molar-refractivity contribution >= 4 is 11.9 Å². The summed E-state index contributed by atoms with van der Waals surface area (Å²) < 4.78 is 12.4. The number of nitrogens with zero attached hydrogens (tertiary/aromatic N) is 2. The summed E-state index contributed by atoms with van der Waals surface area (Å²) in [6.07, 6.45) is 1.93. The van der Waals surface area contributed by atoms with Gasteiger partial charge in [-0.25, -0.2) is 19.2 Å². The molecule has 0 atom stereocenters. The van der Waals surface area contributed by atoms with Crippen LogP contribution in [0.15, 0.2) is 12.4 Å². The molecule has 1 aromatic heterocycles. The van der Waals surface area contributed by atoms with E-state index in [-0.39, 0.29) is 5.95 Å². The predicted molar refractivity (Wildman–Crippen MR) is 47.3 cm³/mol. The maximum Gasteiger partial charge on any atom is 0.328 e. The minimum atomic E-state index is -1.18. The third-order valence-corrected chi connectivity index (χ3v) is 1.58. The second-order valence-corrected chi connectivity index (χ2v) is 3.28. The summed E-state index contributed by atoms with van der Waals surface area (Å²) in [5.74, 6) is -1.52.